The molecule has 0 radical (unpaired) electrons. The molecule has 0 bridgehead atoms. The molecule has 3 aromatic rings. The molecule has 2 fully saturated rings. The molecule has 56 heavy (non-hydrogen) atoms. The molecule has 5 atom stereocenters. The van der Waals surface area contributed by atoms with Gasteiger partial charge in [0.15, 0.2) is 5.79 Å². The van der Waals surface area contributed by atoms with Gasteiger partial charge in [-0.1, -0.05) is 39.8 Å². The molecule has 4 N–H and O–H groups in total. The number of alkyl carbamates (subject to hydrolysis) is 1. The number of rotatable bonds is 16. The highest BCUT2D eigenvalue weighted by atomic mass is 32.2. The summed E-state index contributed by atoms with van der Waals surface area (Å²) in [6, 6.07) is 12.6. The summed E-state index contributed by atoms with van der Waals surface area (Å²) in [6.07, 6.45) is 0.875. The number of nitrogens with zero attached hydrogens (tertiary/aromatic N) is 1. The van der Waals surface area contributed by atoms with Gasteiger partial charge in [-0.2, -0.15) is 4.31 Å². The summed E-state index contributed by atoms with van der Waals surface area (Å²) in [5.74, 6) is -1.40. The number of aliphatic hydroxyl groups is 1. The Morgan fingerprint density at radius 1 is 1.05 bits per heavy atom. The second kappa shape index (κ2) is 17.0. The fourth-order valence-corrected chi connectivity index (χ4v) is 10.8. The molecule has 1 aromatic heterocycles. The summed E-state index contributed by atoms with van der Waals surface area (Å²) in [5, 5.41) is 28.1. The van der Waals surface area contributed by atoms with Crippen LogP contribution in [0.3, 0.4) is 0 Å². The van der Waals surface area contributed by atoms with Crippen LogP contribution in [0.5, 0.6) is 5.75 Å². The monoisotopic (exact) mass is 813 g/mol. The molecule has 0 unspecified atom stereocenters. The van der Waals surface area contributed by atoms with Crippen molar-refractivity contribution in [3.8, 4) is 5.75 Å². The Morgan fingerprint density at radius 3 is 2.43 bits per heavy atom. The van der Waals surface area contributed by atoms with Gasteiger partial charge in [0.05, 0.1) is 55.4 Å². The van der Waals surface area contributed by atoms with E-state index in [0.29, 0.717) is 30.9 Å². The lowest BCUT2D eigenvalue weighted by Gasteiger charge is -2.31. The van der Waals surface area contributed by atoms with Gasteiger partial charge in [-0.3, -0.25) is 0 Å². The minimum Gasteiger partial charge on any atom is -0.497 e. The molecule has 1 aliphatic carbocycles. The van der Waals surface area contributed by atoms with Crippen LogP contribution in [0, 0.1) is 17.3 Å². The molecule has 0 spiro atoms. The number of hydrogen-bond acceptors (Lipinski definition) is 11. The molecule has 2 aliphatic heterocycles. The Morgan fingerprint density at radius 2 is 1.77 bits per heavy atom. The minimum atomic E-state index is -4.04. The number of fused-ring (bicyclic) bond motifs is 2. The van der Waals surface area contributed by atoms with Crippen molar-refractivity contribution in [3.05, 3.63) is 75.0 Å². The van der Waals surface area contributed by atoms with Crippen LogP contribution in [-0.4, -0.2) is 92.4 Å². The number of thiophene rings is 1. The summed E-state index contributed by atoms with van der Waals surface area (Å²) < 4.78 is 51.7. The van der Waals surface area contributed by atoms with Crippen LogP contribution in [0.1, 0.15) is 78.7 Å². The molecule has 15 heteroatoms. The SMILES string of the molecule is COc1ccc(S(=O)(=O)N(CC(C)C)C[C@@H](O)[C@H](Cc2ccc(NCc3sc4c(c3C(=O)O)CC(C)(C)CC4)cc2)NC(=O)O[C@H]2CO[C@@]3(C)OCC[C@@H]23)cc1. The highest BCUT2D eigenvalue weighted by Crippen LogP contribution is 2.43. The number of anilines is 1. The van der Waals surface area contributed by atoms with Crippen molar-refractivity contribution in [2.24, 2.45) is 17.3 Å². The Hall–Kier alpha value is -3.73. The number of amides is 1. The maximum Gasteiger partial charge on any atom is 0.407 e. The Bertz CT molecular complexity index is 1970. The lowest BCUT2D eigenvalue weighted by atomic mass is 9.76. The van der Waals surface area contributed by atoms with Crippen molar-refractivity contribution in [2.75, 3.05) is 38.7 Å². The molecule has 306 valence electrons. The van der Waals surface area contributed by atoms with E-state index in [4.69, 9.17) is 18.9 Å². The highest BCUT2D eigenvalue weighted by molar-refractivity contribution is 7.89. The molecular weight excluding hydrogens is 759 g/mol. The van der Waals surface area contributed by atoms with E-state index in [1.165, 1.54) is 23.5 Å². The number of carboxylic acid groups (broad SMARTS) is 1. The largest absolute Gasteiger partial charge is 0.497 e. The molecule has 2 saturated heterocycles. The van der Waals surface area contributed by atoms with Crippen molar-refractivity contribution in [2.45, 2.75) is 102 Å². The topological polar surface area (TPSA) is 173 Å². The molecule has 3 heterocycles. The van der Waals surface area contributed by atoms with Crippen molar-refractivity contribution in [1.82, 2.24) is 9.62 Å². The number of aryl methyl sites for hydroxylation is 1. The van der Waals surface area contributed by atoms with E-state index >= 15 is 0 Å². The van der Waals surface area contributed by atoms with E-state index in [9.17, 15) is 28.2 Å². The Labute approximate surface area is 333 Å². The summed E-state index contributed by atoms with van der Waals surface area (Å²) in [5.41, 5.74) is 2.97. The lowest BCUT2D eigenvalue weighted by molar-refractivity contribution is -0.181. The van der Waals surface area contributed by atoms with Gasteiger partial charge in [-0.25, -0.2) is 18.0 Å². The van der Waals surface area contributed by atoms with Crippen LogP contribution < -0.4 is 15.4 Å². The van der Waals surface area contributed by atoms with Crippen molar-refractivity contribution in [1.29, 1.82) is 0 Å². The van der Waals surface area contributed by atoms with Crippen molar-refractivity contribution < 1.29 is 47.2 Å². The van der Waals surface area contributed by atoms with Crippen molar-refractivity contribution in [3.63, 3.8) is 0 Å². The molecule has 3 aliphatic rings. The smallest absolute Gasteiger partial charge is 0.407 e. The third-order valence-corrected chi connectivity index (χ3v) is 14.2. The van der Waals surface area contributed by atoms with Crippen LogP contribution >= 0.6 is 11.3 Å². The number of hydrogen-bond donors (Lipinski definition) is 4. The summed E-state index contributed by atoms with van der Waals surface area (Å²) >= 11 is 1.57. The minimum absolute atomic E-state index is 0.0586. The average molecular weight is 814 g/mol. The molecular formula is C41H55N3O10S2. The third kappa shape index (κ3) is 9.51. The van der Waals surface area contributed by atoms with Gasteiger partial charge in [0.1, 0.15) is 11.9 Å². The van der Waals surface area contributed by atoms with Crippen LogP contribution in [-0.2, 0) is 50.0 Å². The van der Waals surface area contributed by atoms with E-state index in [1.54, 1.807) is 23.5 Å². The number of sulfonamides is 1. The second-order valence-electron chi connectivity index (χ2n) is 16.4. The first-order valence-electron chi connectivity index (χ1n) is 19.2. The van der Waals surface area contributed by atoms with Gasteiger partial charge in [0, 0.05) is 28.5 Å². The zero-order valence-electron chi connectivity index (χ0n) is 33.0. The summed E-state index contributed by atoms with van der Waals surface area (Å²) in [7, 11) is -2.54. The average Bonchev–Trinajstić information content (AvgIpc) is 3.80. The zero-order chi connectivity index (χ0) is 40.4. The fourth-order valence-electron chi connectivity index (χ4n) is 7.97. The maximum absolute atomic E-state index is 13.9. The van der Waals surface area contributed by atoms with Gasteiger partial charge in [-0.15, -0.1) is 11.3 Å². The van der Waals surface area contributed by atoms with E-state index < -0.39 is 46.1 Å². The second-order valence-corrected chi connectivity index (χ2v) is 19.6. The highest BCUT2D eigenvalue weighted by Gasteiger charge is 2.53. The number of carboxylic acids is 1. The van der Waals surface area contributed by atoms with E-state index in [-0.39, 0.29) is 48.3 Å². The van der Waals surface area contributed by atoms with E-state index in [0.717, 1.165) is 45.8 Å². The van der Waals surface area contributed by atoms with Crippen LogP contribution in [0.4, 0.5) is 10.5 Å². The van der Waals surface area contributed by atoms with Crippen LogP contribution in [0.15, 0.2) is 53.4 Å². The maximum atomic E-state index is 13.9. The standard InChI is InChI=1S/C41H55N3O10S2/c1-25(2)22-44(56(49,50)29-13-11-28(51-6)12-14-29)23-33(45)32(43-39(48)54-34-24-53-41(5)31(34)16-18-52-41)19-26-7-9-27(10-8-26)42-21-36-37(38(46)47)30-20-40(3,4)17-15-35(30)55-36/h7-14,25,31-34,42,45H,15-24H2,1-6H3,(H,43,48)(H,46,47)/t31-,32-,33+,34-,41+/m0/s1. The Balaban J connectivity index is 1.18. The third-order valence-electron chi connectivity index (χ3n) is 11.1. The first-order chi connectivity index (χ1) is 26.5. The number of aliphatic hydroxyl groups excluding tert-OH is 1. The van der Waals surface area contributed by atoms with E-state index in [2.05, 4.69) is 24.5 Å². The first kappa shape index (κ1) is 41.9. The molecule has 1 amide bonds. The number of methoxy groups -OCH3 is 1. The number of nitrogens with one attached hydrogen (secondary N) is 2. The van der Waals surface area contributed by atoms with Gasteiger partial charge in [0.2, 0.25) is 10.0 Å². The summed E-state index contributed by atoms with van der Waals surface area (Å²) in [6.45, 7) is 10.9. The zero-order valence-corrected chi connectivity index (χ0v) is 34.6. The first-order valence-corrected chi connectivity index (χ1v) is 21.5. The summed E-state index contributed by atoms with van der Waals surface area (Å²) in [4.78, 5) is 27.8. The quantitative estimate of drug-likeness (QED) is 0.132. The van der Waals surface area contributed by atoms with Gasteiger partial charge < -0.3 is 39.8 Å². The molecule has 6 rings (SSSR count). The van der Waals surface area contributed by atoms with Gasteiger partial charge in [-0.05, 0) is 97.9 Å². The molecule has 2 aromatic carbocycles. The Kier molecular flexibility index (Phi) is 12.7. The number of carbonyl (C=O) groups is 2. The van der Waals surface area contributed by atoms with Crippen molar-refractivity contribution >= 4 is 39.1 Å². The molecule has 0 saturated carbocycles. The van der Waals surface area contributed by atoms with Crippen LogP contribution in [0.2, 0.25) is 0 Å². The number of ether oxygens (including phenoxy) is 4. The number of benzene rings is 2. The van der Waals surface area contributed by atoms with Gasteiger partial charge in [0.25, 0.3) is 0 Å². The predicted molar refractivity (Wildman–Crippen MR) is 213 cm³/mol. The lowest BCUT2D eigenvalue weighted by Crippen LogP contribution is -2.51. The predicted octanol–water partition coefficient (Wildman–Crippen LogP) is 6.08. The van der Waals surface area contributed by atoms with E-state index in [1.807, 2.05) is 45.0 Å². The molecule has 13 nitrogen and oxygen atoms in total. The number of aromatic carboxylic acids is 1. The van der Waals surface area contributed by atoms with Gasteiger partial charge >= 0.3 is 12.1 Å². The fraction of sp³-hybridized carbons (Fsp3) is 0.561. The normalized spacial score (nSPS) is 22.7. The number of carbonyl (C=O) groups excluding carboxylic acids is 1. The van der Waals surface area contributed by atoms with Crippen LogP contribution in [0.25, 0.3) is 0 Å².